The van der Waals surface area contributed by atoms with Crippen molar-refractivity contribution in [2.75, 3.05) is 5.32 Å². The van der Waals surface area contributed by atoms with Gasteiger partial charge in [0.2, 0.25) is 5.95 Å². The van der Waals surface area contributed by atoms with E-state index in [9.17, 15) is 0 Å². The molecule has 0 saturated carbocycles. The maximum absolute atomic E-state index is 4.48. The molecule has 0 saturated heterocycles. The molecule has 0 bridgehead atoms. The van der Waals surface area contributed by atoms with Gasteiger partial charge in [-0.1, -0.05) is 12.1 Å². The summed E-state index contributed by atoms with van der Waals surface area (Å²) in [5.74, 6) is 0.587. The monoisotopic (exact) mass is 284 g/mol. The molecule has 0 radical (unpaired) electrons. The summed E-state index contributed by atoms with van der Waals surface area (Å²) in [7, 11) is 0. The van der Waals surface area contributed by atoms with Crippen LogP contribution in [-0.4, -0.2) is 21.2 Å². The van der Waals surface area contributed by atoms with Crippen LogP contribution in [0.15, 0.2) is 36.4 Å². The van der Waals surface area contributed by atoms with Crippen LogP contribution < -0.4 is 5.32 Å². The van der Waals surface area contributed by atoms with E-state index in [1.165, 1.54) is 9.75 Å². The number of anilines is 1. The van der Waals surface area contributed by atoms with E-state index < -0.39 is 0 Å². The van der Waals surface area contributed by atoms with Crippen LogP contribution in [0.25, 0.3) is 11.0 Å². The molecule has 1 aromatic carbocycles. The van der Waals surface area contributed by atoms with E-state index >= 15 is 0 Å². The Morgan fingerprint density at radius 1 is 1.10 bits per heavy atom. The lowest BCUT2D eigenvalue weighted by Gasteiger charge is -2.12. The highest BCUT2D eigenvalue weighted by Crippen LogP contribution is 2.18. The summed E-state index contributed by atoms with van der Waals surface area (Å²) in [4.78, 5) is 7.20. The Morgan fingerprint density at radius 3 is 2.65 bits per heavy atom. The van der Waals surface area contributed by atoms with E-state index in [4.69, 9.17) is 0 Å². The normalized spacial score (nSPS) is 12.5. The number of rotatable bonds is 4. The number of para-hydroxylation sites is 1. The molecule has 5 heteroatoms. The van der Waals surface area contributed by atoms with Crippen LogP contribution in [0.5, 0.6) is 0 Å². The molecule has 3 rings (SSSR count). The third-order valence-corrected chi connectivity index (χ3v) is 4.06. The van der Waals surface area contributed by atoms with Crippen molar-refractivity contribution in [3.05, 3.63) is 46.2 Å². The van der Waals surface area contributed by atoms with Gasteiger partial charge in [-0.2, -0.15) is 0 Å². The van der Waals surface area contributed by atoms with Crippen LogP contribution in [0.4, 0.5) is 5.95 Å². The molecular weight excluding hydrogens is 268 g/mol. The second kappa shape index (κ2) is 5.54. The highest BCUT2D eigenvalue weighted by atomic mass is 32.1. The van der Waals surface area contributed by atoms with Gasteiger partial charge < -0.3 is 5.32 Å². The SMILES string of the molecule is Cc1ccc(CC(C)Nc2nnc3ccccc3n2)s1. The van der Waals surface area contributed by atoms with Gasteiger partial charge in [0.1, 0.15) is 5.52 Å². The summed E-state index contributed by atoms with van der Waals surface area (Å²) < 4.78 is 0. The molecule has 4 nitrogen and oxygen atoms in total. The number of nitrogens with one attached hydrogen (secondary N) is 1. The van der Waals surface area contributed by atoms with E-state index in [2.05, 4.69) is 46.5 Å². The van der Waals surface area contributed by atoms with Crippen molar-refractivity contribution in [1.29, 1.82) is 0 Å². The van der Waals surface area contributed by atoms with Gasteiger partial charge in [0, 0.05) is 22.2 Å². The third-order valence-electron chi connectivity index (χ3n) is 3.04. The van der Waals surface area contributed by atoms with Gasteiger partial charge in [-0.05, 0) is 38.1 Å². The summed E-state index contributed by atoms with van der Waals surface area (Å²) in [6, 6.07) is 12.4. The molecule has 0 amide bonds. The lowest BCUT2D eigenvalue weighted by molar-refractivity contribution is 0.781. The molecule has 2 heterocycles. The first-order valence-electron chi connectivity index (χ1n) is 6.62. The van der Waals surface area contributed by atoms with Crippen molar-refractivity contribution < 1.29 is 0 Å². The Balaban J connectivity index is 1.72. The molecule has 0 fully saturated rings. The predicted octanol–water partition coefficient (Wildman–Crippen LogP) is 3.44. The fraction of sp³-hybridized carbons (Fsp3) is 0.267. The third kappa shape index (κ3) is 2.93. The smallest absolute Gasteiger partial charge is 0.243 e. The average Bonchev–Trinajstić information content (AvgIpc) is 2.83. The summed E-state index contributed by atoms with van der Waals surface area (Å²) in [5.41, 5.74) is 1.68. The van der Waals surface area contributed by atoms with E-state index in [0.29, 0.717) is 5.95 Å². The number of aromatic nitrogens is 3. The first-order valence-corrected chi connectivity index (χ1v) is 7.44. The second-order valence-corrected chi connectivity index (χ2v) is 6.26. The minimum absolute atomic E-state index is 0.274. The van der Waals surface area contributed by atoms with Gasteiger partial charge in [-0.3, -0.25) is 0 Å². The molecule has 102 valence electrons. The zero-order valence-corrected chi connectivity index (χ0v) is 12.3. The highest BCUT2D eigenvalue weighted by molar-refractivity contribution is 7.11. The fourth-order valence-electron chi connectivity index (χ4n) is 2.11. The number of hydrogen-bond acceptors (Lipinski definition) is 5. The number of hydrogen-bond donors (Lipinski definition) is 1. The van der Waals surface area contributed by atoms with Crippen LogP contribution in [0.3, 0.4) is 0 Å². The number of fused-ring (bicyclic) bond motifs is 1. The summed E-state index contributed by atoms with van der Waals surface area (Å²) in [6.07, 6.45) is 0.967. The van der Waals surface area contributed by atoms with Crippen molar-refractivity contribution >= 4 is 28.3 Å². The van der Waals surface area contributed by atoms with Gasteiger partial charge in [0.25, 0.3) is 0 Å². The van der Waals surface area contributed by atoms with E-state index in [1.807, 2.05) is 35.6 Å². The summed E-state index contributed by atoms with van der Waals surface area (Å²) in [5, 5.41) is 11.6. The Labute approximate surface area is 121 Å². The molecule has 1 unspecified atom stereocenters. The lowest BCUT2D eigenvalue weighted by atomic mass is 10.2. The molecule has 1 N–H and O–H groups in total. The van der Waals surface area contributed by atoms with Gasteiger partial charge in [0.15, 0.2) is 0 Å². The first-order chi connectivity index (χ1) is 9.70. The van der Waals surface area contributed by atoms with Crippen LogP contribution in [0, 0.1) is 6.92 Å². The molecule has 2 aromatic heterocycles. The largest absolute Gasteiger partial charge is 0.350 e. The molecule has 0 aliphatic carbocycles. The predicted molar refractivity (Wildman–Crippen MR) is 83.2 cm³/mol. The van der Waals surface area contributed by atoms with Crippen LogP contribution in [0.1, 0.15) is 16.7 Å². The molecule has 20 heavy (non-hydrogen) atoms. The van der Waals surface area contributed by atoms with Gasteiger partial charge in [-0.15, -0.1) is 21.5 Å². The summed E-state index contributed by atoms with van der Waals surface area (Å²) >= 11 is 1.83. The Kier molecular flexibility index (Phi) is 3.60. The topological polar surface area (TPSA) is 50.7 Å². The fourth-order valence-corrected chi connectivity index (χ4v) is 3.13. The van der Waals surface area contributed by atoms with Gasteiger partial charge in [-0.25, -0.2) is 4.98 Å². The Hall–Kier alpha value is -2.01. The van der Waals surface area contributed by atoms with Crippen molar-refractivity contribution in [2.45, 2.75) is 26.3 Å². The van der Waals surface area contributed by atoms with Crippen LogP contribution in [0.2, 0.25) is 0 Å². The zero-order chi connectivity index (χ0) is 13.9. The second-order valence-electron chi connectivity index (χ2n) is 4.89. The first kappa shape index (κ1) is 13.0. The van der Waals surface area contributed by atoms with Crippen molar-refractivity contribution in [3.8, 4) is 0 Å². The van der Waals surface area contributed by atoms with Gasteiger partial charge >= 0.3 is 0 Å². The van der Waals surface area contributed by atoms with Crippen LogP contribution >= 0.6 is 11.3 Å². The Morgan fingerprint density at radius 2 is 1.90 bits per heavy atom. The molecule has 0 aliphatic heterocycles. The molecular formula is C15H16N4S. The van der Waals surface area contributed by atoms with Crippen molar-refractivity contribution in [1.82, 2.24) is 15.2 Å². The van der Waals surface area contributed by atoms with Crippen molar-refractivity contribution in [2.24, 2.45) is 0 Å². The lowest BCUT2D eigenvalue weighted by Crippen LogP contribution is -2.19. The minimum Gasteiger partial charge on any atom is -0.350 e. The number of nitrogens with zero attached hydrogens (tertiary/aromatic N) is 3. The molecule has 0 aliphatic rings. The maximum Gasteiger partial charge on any atom is 0.243 e. The zero-order valence-electron chi connectivity index (χ0n) is 11.5. The molecule has 1 atom stereocenters. The molecule has 0 spiro atoms. The van der Waals surface area contributed by atoms with Gasteiger partial charge in [0.05, 0.1) is 5.52 Å². The minimum atomic E-state index is 0.274. The quantitative estimate of drug-likeness (QED) is 0.797. The average molecular weight is 284 g/mol. The Bertz CT molecular complexity index is 722. The van der Waals surface area contributed by atoms with Crippen LogP contribution in [-0.2, 0) is 6.42 Å². The van der Waals surface area contributed by atoms with E-state index in [1.54, 1.807) is 0 Å². The maximum atomic E-state index is 4.48. The highest BCUT2D eigenvalue weighted by Gasteiger charge is 2.08. The van der Waals surface area contributed by atoms with E-state index in [0.717, 1.165) is 17.5 Å². The standard InChI is InChI=1S/C15H16N4S/c1-10(9-12-8-7-11(2)20-12)16-15-17-13-5-3-4-6-14(13)18-19-15/h3-8,10H,9H2,1-2H3,(H,16,17,19). The number of benzene rings is 1. The number of thiophene rings is 1. The number of aryl methyl sites for hydroxylation is 1. The molecule has 3 aromatic rings. The van der Waals surface area contributed by atoms with Crippen molar-refractivity contribution in [3.63, 3.8) is 0 Å². The summed E-state index contributed by atoms with van der Waals surface area (Å²) in [6.45, 7) is 4.26. The van der Waals surface area contributed by atoms with E-state index in [-0.39, 0.29) is 6.04 Å².